The van der Waals surface area contributed by atoms with E-state index < -0.39 is 0 Å². The number of imide groups is 1. The van der Waals surface area contributed by atoms with Crippen molar-refractivity contribution in [3.8, 4) is 46.0 Å². The van der Waals surface area contributed by atoms with E-state index in [9.17, 15) is 14.4 Å². The molecule has 59 heavy (non-hydrogen) atoms. The zero-order chi connectivity index (χ0) is 40.6. The van der Waals surface area contributed by atoms with E-state index in [-0.39, 0.29) is 41.1 Å². The summed E-state index contributed by atoms with van der Waals surface area (Å²) in [5, 5.41) is 0. The molecule has 304 valence electrons. The fourth-order valence-corrected chi connectivity index (χ4v) is 10.2. The molecule has 1 unspecified atom stereocenters. The fraction of sp³-hybridized carbons (Fsp3) is 0.396. The first-order valence-corrected chi connectivity index (χ1v) is 20.8. The van der Waals surface area contributed by atoms with Crippen LogP contribution >= 0.6 is 0 Å². The molecule has 11 rings (SSSR count). The maximum absolute atomic E-state index is 14.9. The first kappa shape index (κ1) is 37.5. The highest BCUT2D eigenvalue weighted by atomic mass is 16.6. The number of likely N-dealkylation sites (N-methyl/N-ethyl adjacent to an activating group) is 1. The third-order valence-corrected chi connectivity index (χ3v) is 13.6. The van der Waals surface area contributed by atoms with Crippen LogP contribution in [0.25, 0.3) is 0 Å². The molecule has 1 saturated carbocycles. The maximum atomic E-state index is 14.9. The van der Waals surface area contributed by atoms with Gasteiger partial charge in [-0.1, -0.05) is 25.1 Å². The molecule has 0 radical (unpaired) electrons. The number of hydrogen-bond acceptors (Lipinski definition) is 9. The van der Waals surface area contributed by atoms with Gasteiger partial charge in [0.1, 0.15) is 5.75 Å². The van der Waals surface area contributed by atoms with Crippen molar-refractivity contribution in [1.82, 2.24) is 14.7 Å². The van der Waals surface area contributed by atoms with Crippen LogP contribution in [-0.4, -0.2) is 73.3 Å². The maximum Gasteiger partial charge on any atom is 0.253 e. The lowest BCUT2D eigenvalue weighted by Crippen LogP contribution is -2.47. The molecule has 6 heterocycles. The number of ether oxygens (including phenoxy) is 5. The largest absolute Gasteiger partial charge is 0.493 e. The Hall–Kier alpha value is -5.81. The van der Waals surface area contributed by atoms with Gasteiger partial charge in [-0.05, 0) is 134 Å². The molecule has 2 atom stereocenters. The zero-order valence-electron chi connectivity index (χ0n) is 34.0. The van der Waals surface area contributed by atoms with Gasteiger partial charge in [-0.3, -0.25) is 24.2 Å². The Morgan fingerprint density at radius 3 is 2.17 bits per heavy atom. The van der Waals surface area contributed by atoms with Crippen molar-refractivity contribution < 1.29 is 38.1 Å². The van der Waals surface area contributed by atoms with Gasteiger partial charge in [0.05, 0.1) is 20.3 Å². The highest BCUT2D eigenvalue weighted by Gasteiger charge is 2.44. The quantitative estimate of drug-likeness (QED) is 0.163. The van der Waals surface area contributed by atoms with E-state index in [1.165, 1.54) is 28.2 Å². The van der Waals surface area contributed by atoms with Gasteiger partial charge in [0.25, 0.3) is 11.8 Å². The number of methoxy groups -OCH3 is 2. The third-order valence-electron chi connectivity index (χ3n) is 13.6. The van der Waals surface area contributed by atoms with Crippen molar-refractivity contribution in [2.24, 2.45) is 11.3 Å². The fourth-order valence-electron chi connectivity index (χ4n) is 10.2. The summed E-state index contributed by atoms with van der Waals surface area (Å²) in [5.74, 6) is 4.45. The average molecular weight is 796 g/mol. The Bertz CT molecular complexity index is 2400. The van der Waals surface area contributed by atoms with Gasteiger partial charge in [0.15, 0.2) is 34.5 Å². The normalized spacial score (nSPS) is 24.2. The molecule has 7 aliphatic rings. The number of amides is 3. The van der Waals surface area contributed by atoms with Crippen molar-refractivity contribution in [3.63, 3.8) is 0 Å². The number of carbonyl (C=O) groups excluding carboxylic acids is 3. The molecule has 1 fully saturated rings. The summed E-state index contributed by atoms with van der Waals surface area (Å²) in [7, 11) is 5.49. The predicted octanol–water partition coefficient (Wildman–Crippen LogP) is 8.27. The van der Waals surface area contributed by atoms with E-state index >= 15 is 0 Å². The van der Waals surface area contributed by atoms with Gasteiger partial charge in [0.2, 0.25) is 11.7 Å². The molecule has 4 aromatic rings. The van der Waals surface area contributed by atoms with Crippen LogP contribution in [0.5, 0.6) is 46.0 Å². The van der Waals surface area contributed by atoms with Crippen molar-refractivity contribution in [3.05, 3.63) is 106 Å². The molecule has 0 aromatic heterocycles. The lowest BCUT2D eigenvalue weighted by molar-refractivity contribution is -0.143. The molecule has 11 nitrogen and oxygen atoms in total. The molecule has 0 saturated heterocycles. The molecule has 3 amide bonds. The van der Waals surface area contributed by atoms with E-state index in [0.29, 0.717) is 84.8 Å². The first-order chi connectivity index (χ1) is 28.6. The molecule has 1 aliphatic carbocycles. The number of hydrogen-bond donors (Lipinski definition) is 0. The molecular formula is C48H49N3O8. The van der Waals surface area contributed by atoms with Crippen LogP contribution in [0.1, 0.15) is 78.1 Å². The molecule has 0 N–H and O–H groups in total. The van der Waals surface area contributed by atoms with E-state index in [0.717, 1.165) is 54.5 Å². The highest BCUT2D eigenvalue weighted by molar-refractivity contribution is 6.12. The van der Waals surface area contributed by atoms with E-state index in [1.54, 1.807) is 14.2 Å². The lowest BCUT2D eigenvalue weighted by atomic mass is 9.70. The first-order valence-electron chi connectivity index (χ1n) is 20.8. The molecule has 11 heteroatoms. The van der Waals surface area contributed by atoms with E-state index in [1.807, 2.05) is 18.2 Å². The second-order valence-electron chi connectivity index (χ2n) is 17.4. The van der Waals surface area contributed by atoms with Crippen molar-refractivity contribution in [2.45, 2.75) is 70.4 Å². The molecule has 0 spiro atoms. The van der Waals surface area contributed by atoms with E-state index in [2.05, 4.69) is 66.2 Å². The van der Waals surface area contributed by atoms with Gasteiger partial charge in [0, 0.05) is 49.3 Å². The zero-order valence-corrected chi connectivity index (χ0v) is 34.0. The summed E-state index contributed by atoms with van der Waals surface area (Å²) in [5.41, 5.74) is 6.36. The topological polar surface area (TPSA) is 107 Å². The molecule has 6 aliphatic heterocycles. The number of fused-ring (bicyclic) bond motifs is 2. The number of carbonyl (C=O) groups is 3. The SMILES string of the molecule is COc1ccc2cc1Oc1ccc(cc1)CC1c3c(cc(OC)c4c3Oc3cc5c(cc3O4)CCN(C)[C@H]5C2)CCN1C(=O)C1CCC(C)(CN2C(=O)C=CC2=O)CC1. The molecule has 7 bridgehead atoms. The van der Waals surface area contributed by atoms with E-state index in [4.69, 9.17) is 23.7 Å². The lowest BCUT2D eigenvalue weighted by Gasteiger charge is -2.44. The highest BCUT2D eigenvalue weighted by Crippen LogP contribution is 2.57. The van der Waals surface area contributed by atoms with Crippen LogP contribution in [-0.2, 0) is 40.1 Å². The van der Waals surface area contributed by atoms with Gasteiger partial charge in [-0.2, -0.15) is 0 Å². The summed E-state index contributed by atoms with van der Waals surface area (Å²) < 4.78 is 32.1. The van der Waals surface area contributed by atoms with Crippen LogP contribution in [0.2, 0.25) is 0 Å². The minimum Gasteiger partial charge on any atom is -0.493 e. The minimum absolute atomic E-state index is 0.0823. The number of benzene rings is 4. The van der Waals surface area contributed by atoms with Gasteiger partial charge in [-0.25, -0.2) is 0 Å². The Kier molecular flexibility index (Phi) is 9.19. The standard InChI is InChI=1S/C48H49N3O8/c1-48(27-51-42(52)11-12-43(51)53)17-13-30(14-18-48)47(54)50-20-16-32-25-41(56-4)45-46-44(32)36(50)21-28-5-8-33(9-6-28)57-38-23-29(7-10-37(38)55-3)22-35-34-26-40(59-46)39(58-45)24-31(34)15-19-49(35)2/h5-12,23-26,30,35-36H,13-22,27H2,1-4H3/t30?,35-,36?,48?/m0/s1. The van der Waals surface area contributed by atoms with Crippen molar-refractivity contribution >= 4 is 17.7 Å². The summed E-state index contributed by atoms with van der Waals surface area (Å²) in [4.78, 5) is 45.6. The smallest absolute Gasteiger partial charge is 0.253 e. The molecular weight excluding hydrogens is 747 g/mol. The van der Waals surface area contributed by atoms with Crippen LogP contribution < -0.4 is 23.7 Å². The van der Waals surface area contributed by atoms with Crippen LogP contribution in [0.4, 0.5) is 0 Å². The number of nitrogens with zero attached hydrogens (tertiary/aromatic N) is 3. The summed E-state index contributed by atoms with van der Waals surface area (Å²) in [6.07, 6.45) is 8.34. The number of rotatable bonds is 5. The Balaban J connectivity index is 1.05. The van der Waals surface area contributed by atoms with Gasteiger partial charge >= 0.3 is 0 Å². The minimum atomic E-state index is -0.353. The van der Waals surface area contributed by atoms with Crippen LogP contribution in [0.3, 0.4) is 0 Å². The third kappa shape index (κ3) is 6.59. The Morgan fingerprint density at radius 2 is 1.42 bits per heavy atom. The Labute approximate surface area is 344 Å². The van der Waals surface area contributed by atoms with Crippen molar-refractivity contribution in [2.75, 3.05) is 40.9 Å². The second kappa shape index (κ2) is 14.5. The van der Waals surface area contributed by atoms with Gasteiger partial charge in [-0.15, -0.1) is 0 Å². The summed E-state index contributed by atoms with van der Waals surface area (Å²) >= 11 is 0. The van der Waals surface area contributed by atoms with Gasteiger partial charge < -0.3 is 28.6 Å². The Morgan fingerprint density at radius 1 is 0.746 bits per heavy atom. The summed E-state index contributed by atoms with van der Waals surface area (Å²) in [6.45, 7) is 3.94. The van der Waals surface area contributed by atoms with Crippen LogP contribution in [0, 0.1) is 11.3 Å². The average Bonchev–Trinajstić information content (AvgIpc) is 3.55. The summed E-state index contributed by atoms with van der Waals surface area (Å²) in [6, 6.07) is 20.3. The predicted molar refractivity (Wildman–Crippen MR) is 220 cm³/mol. The van der Waals surface area contributed by atoms with Crippen LogP contribution in [0.15, 0.2) is 72.8 Å². The monoisotopic (exact) mass is 795 g/mol. The van der Waals surface area contributed by atoms with Crippen molar-refractivity contribution in [1.29, 1.82) is 0 Å². The second-order valence-corrected chi connectivity index (χ2v) is 17.4. The molecule has 4 aromatic carbocycles.